The van der Waals surface area contributed by atoms with Crippen molar-refractivity contribution in [2.24, 2.45) is 0 Å². The summed E-state index contributed by atoms with van der Waals surface area (Å²) in [5.74, 6) is -0.449. The molecule has 0 spiro atoms. The monoisotopic (exact) mass is 368 g/mol. The van der Waals surface area contributed by atoms with Crippen LogP contribution in [0.15, 0.2) is 27.6 Å². The van der Waals surface area contributed by atoms with Gasteiger partial charge in [0.1, 0.15) is 4.32 Å². The van der Waals surface area contributed by atoms with Crippen LogP contribution < -0.4 is 10.2 Å². The summed E-state index contributed by atoms with van der Waals surface area (Å²) < 4.78 is 1.25. The molecular weight excluding hydrogens is 360 g/mol. The summed E-state index contributed by atoms with van der Waals surface area (Å²) in [7, 11) is 0. The van der Waals surface area contributed by atoms with E-state index in [1.807, 2.05) is 25.1 Å². The number of anilines is 1. The van der Waals surface area contributed by atoms with E-state index in [2.05, 4.69) is 21.2 Å². The normalized spacial score (nSPS) is 21.5. The number of fused-ring (bicyclic) bond motifs is 1. The van der Waals surface area contributed by atoms with Gasteiger partial charge in [0, 0.05) is 16.6 Å². The molecule has 7 heteroatoms. The Kier molecular flexibility index (Phi) is 3.43. The van der Waals surface area contributed by atoms with Crippen LogP contribution >= 0.6 is 39.9 Å². The van der Waals surface area contributed by atoms with Crippen LogP contribution in [0.3, 0.4) is 0 Å². The molecule has 0 atom stereocenters. The van der Waals surface area contributed by atoms with E-state index < -0.39 is 0 Å². The van der Waals surface area contributed by atoms with Crippen LogP contribution in [-0.4, -0.2) is 22.7 Å². The molecule has 3 rings (SSSR count). The van der Waals surface area contributed by atoms with Crippen molar-refractivity contribution in [3.05, 3.63) is 33.1 Å². The molecule has 2 aliphatic rings. The predicted octanol–water partition coefficient (Wildman–Crippen LogP) is 2.67. The maximum Gasteiger partial charge on any atom is 0.264 e. The maximum absolute atomic E-state index is 12.6. The van der Waals surface area contributed by atoms with E-state index in [4.69, 9.17) is 12.2 Å². The van der Waals surface area contributed by atoms with Gasteiger partial charge in [-0.1, -0.05) is 39.9 Å². The second-order valence-corrected chi connectivity index (χ2v) is 6.86. The van der Waals surface area contributed by atoms with Crippen LogP contribution in [0.5, 0.6) is 0 Å². The predicted molar refractivity (Wildman–Crippen MR) is 87.4 cm³/mol. The van der Waals surface area contributed by atoms with Crippen LogP contribution in [0.25, 0.3) is 5.57 Å². The molecule has 1 N–H and O–H groups in total. The molecule has 0 aromatic heterocycles. The molecule has 20 heavy (non-hydrogen) atoms. The zero-order valence-corrected chi connectivity index (χ0v) is 13.6. The molecule has 2 aliphatic heterocycles. The number of thiocarbonyl (C=S) groups is 1. The van der Waals surface area contributed by atoms with Gasteiger partial charge in [-0.25, -0.2) is 0 Å². The first kappa shape index (κ1) is 13.8. The first-order chi connectivity index (χ1) is 9.52. The van der Waals surface area contributed by atoms with E-state index >= 15 is 0 Å². The first-order valence-corrected chi connectivity index (χ1v) is 7.94. The summed E-state index contributed by atoms with van der Waals surface area (Å²) in [5.41, 5.74) is 2.04. The summed E-state index contributed by atoms with van der Waals surface area (Å²) in [5, 5.41) is 2.56. The summed E-state index contributed by atoms with van der Waals surface area (Å²) in [4.78, 5) is 26.6. The van der Waals surface area contributed by atoms with Crippen molar-refractivity contribution < 1.29 is 9.59 Å². The van der Waals surface area contributed by atoms with Crippen molar-refractivity contribution in [2.75, 3.05) is 11.4 Å². The Morgan fingerprint density at radius 3 is 2.75 bits per heavy atom. The zero-order valence-electron chi connectivity index (χ0n) is 10.4. The molecule has 1 aromatic rings. The maximum atomic E-state index is 12.6. The molecular formula is C13H9BrN2O2S2. The number of likely N-dealkylation sites (N-methyl/N-ethyl adjacent to an activating group) is 1. The second kappa shape index (κ2) is 4.98. The Hall–Kier alpha value is -1.18. The molecule has 0 radical (unpaired) electrons. The SMILES string of the molecule is CCN1C(=O)/C(=C2/SC(=S)NC2=O)c2cc(Br)ccc21. The van der Waals surface area contributed by atoms with Crippen molar-refractivity contribution in [2.45, 2.75) is 6.92 Å². The number of benzene rings is 1. The van der Waals surface area contributed by atoms with Gasteiger partial charge in [0.2, 0.25) is 0 Å². The third kappa shape index (κ3) is 2.01. The first-order valence-electron chi connectivity index (χ1n) is 5.92. The number of nitrogens with one attached hydrogen (secondary N) is 1. The van der Waals surface area contributed by atoms with Crippen LogP contribution in [0, 0.1) is 0 Å². The van der Waals surface area contributed by atoms with Crippen molar-refractivity contribution in [3.8, 4) is 0 Å². The molecule has 1 aromatic carbocycles. The fraction of sp³-hybridized carbons (Fsp3) is 0.154. The number of carbonyl (C=O) groups excluding carboxylic acids is 2. The third-order valence-electron chi connectivity index (χ3n) is 3.14. The Balaban J connectivity index is 2.26. The van der Waals surface area contributed by atoms with Gasteiger partial charge >= 0.3 is 0 Å². The molecule has 0 saturated carbocycles. The number of hydrogen-bond acceptors (Lipinski definition) is 4. The van der Waals surface area contributed by atoms with Gasteiger partial charge in [0.05, 0.1) is 16.2 Å². The molecule has 0 unspecified atom stereocenters. The molecule has 2 heterocycles. The van der Waals surface area contributed by atoms with E-state index in [9.17, 15) is 9.59 Å². The van der Waals surface area contributed by atoms with E-state index in [-0.39, 0.29) is 11.8 Å². The largest absolute Gasteiger partial charge is 0.308 e. The van der Waals surface area contributed by atoms with Gasteiger partial charge in [-0.05, 0) is 25.1 Å². The molecule has 1 saturated heterocycles. The summed E-state index contributed by atoms with van der Waals surface area (Å²) in [6.45, 7) is 2.46. The second-order valence-electron chi connectivity index (χ2n) is 4.26. The summed E-state index contributed by atoms with van der Waals surface area (Å²) >= 11 is 9.54. The number of carbonyl (C=O) groups is 2. The Labute approximate surface area is 133 Å². The Morgan fingerprint density at radius 1 is 1.40 bits per heavy atom. The lowest BCUT2D eigenvalue weighted by molar-refractivity contribution is -0.116. The van der Waals surface area contributed by atoms with Crippen molar-refractivity contribution in [1.82, 2.24) is 5.32 Å². The molecule has 1 fully saturated rings. The molecule has 0 bridgehead atoms. The van der Waals surface area contributed by atoms with Crippen LogP contribution in [0.2, 0.25) is 0 Å². The lowest BCUT2D eigenvalue weighted by atomic mass is 10.1. The average Bonchev–Trinajstić information content (AvgIpc) is 2.85. The van der Waals surface area contributed by atoms with Crippen LogP contribution in [-0.2, 0) is 9.59 Å². The van der Waals surface area contributed by atoms with Crippen molar-refractivity contribution in [3.63, 3.8) is 0 Å². The topological polar surface area (TPSA) is 49.4 Å². The number of halogens is 1. The summed E-state index contributed by atoms with van der Waals surface area (Å²) in [6, 6.07) is 5.62. The van der Waals surface area contributed by atoms with Gasteiger partial charge in [-0.3, -0.25) is 9.59 Å². The van der Waals surface area contributed by atoms with Gasteiger partial charge in [0.15, 0.2) is 0 Å². The minimum absolute atomic E-state index is 0.150. The number of nitrogens with zero attached hydrogens (tertiary/aromatic N) is 1. The highest BCUT2D eigenvalue weighted by atomic mass is 79.9. The quantitative estimate of drug-likeness (QED) is 0.611. The number of rotatable bonds is 1. The molecule has 102 valence electrons. The fourth-order valence-corrected chi connectivity index (χ4v) is 3.79. The molecule has 0 aliphatic carbocycles. The van der Waals surface area contributed by atoms with Gasteiger partial charge in [-0.2, -0.15) is 0 Å². The van der Waals surface area contributed by atoms with E-state index in [1.54, 1.807) is 4.90 Å². The lowest BCUT2D eigenvalue weighted by Gasteiger charge is -2.13. The van der Waals surface area contributed by atoms with Crippen molar-refractivity contribution in [1.29, 1.82) is 0 Å². The number of amides is 2. The van der Waals surface area contributed by atoms with E-state index in [1.165, 1.54) is 0 Å². The number of hydrogen-bond donors (Lipinski definition) is 1. The van der Waals surface area contributed by atoms with Gasteiger partial charge in [-0.15, -0.1) is 0 Å². The van der Waals surface area contributed by atoms with E-state index in [0.717, 1.165) is 27.5 Å². The minimum atomic E-state index is -0.299. The van der Waals surface area contributed by atoms with Crippen molar-refractivity contribution >= 4 is 67.3 Å². The summed E-state index contributed by atoms with van der Waals surface area (Å²) in [6.07, 6.45) is 0. The minimum Gasteiger partial charge on any atom is -0.308 e. The average molecular weight is 369 g/mol. The highest BCUT2D eigenvalue weighted by molar-refractivity contribution is 9.10. The van der Waals surface area contributed by atoms with Gasteiger partial charge in [0.25, 0.3) is 11.8 Å². The molecule has 4 nitrogen and oxygen atoms in total. The zero-order chi connectivity index (χ0) is 14.4. The van der Waals surface area contributed by atoms with Gasteiger partial charge < -0.3 is 10.2 Å². The molecule has 2 amide bonds. The van der Waals surface area contributed by atoms with E-state index in [0.29, 0.717) is 21.3 Å². The Bertz CT molecular complexity index is 700. The highest BCUT2D eigenvalue weighted by Crippen LogP contribution is 2.43. The smallest absolute Gasteiger partial charge is 0.264 e. The highest BCUT2D eigenvalue weighted by Gasteiger charge is 2.38. The Morgan fingerprint density at radius 2 is 2.15 bits per heavy atom. The third-order valence-corrected chi connectivity index (χ3v) is 4.86. The van der Waals surface area contributed by atoms with Crippen LogP contribution in [0.1, 0.15) is 12.5 Å². The lowest BCUT2D eigenvalue weighted by Crippen LogP contribution is -2.26. The van der Waals surface area contributed by atoms with Crippen LogP contribution in [0.4, 0.5) is 5.69 Å². The standard InChI is InChI=1S/C13H9BrN2O2S2/c1-2-16-8-4-3-6(14)5-7(8)9(12(16)18)10-11(17)15-13(19)20-10/h3-5H,2H2,1H3,(H,15,17,19)/b10-9+. The fourth-order valence-electron chi connectivity index (χ4n) is 2.32. The number of thioether (sulfide) groups is 1.